The summed E-state index contributed by atoms with van der Waals surface area (Å²) < 4.78 is 42.8. The number of alkyl halides is 3. The van der Waals surface area contributed by atoms with Crippen molar-refractivity contribution >= 4 is 5.69 Å². The number of rotatable bonds is 5. The fourth-order valence-electron chi connectivity index (χ4n) is 1.37. The van der Waals surface area contributed by atoms with Crippen molar-refractivity contribution in [2.75, 3.05) is 12.3 Å². The standard InChI is InChI=1S/C12H13F3N2O/c13-12(14,15)10-8-9(4-5-11(10)17)18-7-3-1-2-6-16/h4-5,8H,1-3,7,17H2. The second-order valence-electron chi connectivity index (χ2n) is 3.71. The van der Waals surface area contributed by atoms with E-state index in [0.717, 1.165) is 6.07 Å². The number of hydrogen-bond acceptors (Lipinski definition) is 3. The SMILES string of the molecule is N#CCCCCOc1ccc(N)c(C(F)(F)F)c1. The number of nitrogen functional groups attached to an aromatic ring is 1. The molecule has 1 rings (SSSR count). The molecule has 2 N–H and O–H groups in total. The molecule has 0 heterocycles. The lowest BCUT2D eigenvalue weighted by Crippen LogP contribution is -2.09. The van der Waals surface area contributed by atoms with Gasteiger partial charge in [0.25, 0.3) is 0 Å². The summed E-state index contributed by atoms with van der Waals surface area (Å²) in [5.41, 5.74) is 4.05. The molecule has 0 unspecified atom stereocenters. The third kappa shape index (κ3) is 4.17. The predicted octanol–water partition coefficient (Wildman–Crippen LogP) is 3.36. The number of nitriles is 1. The summed E-state index contributed by atoms with van der Waals surface area (Å²) in [6.45, 7) is 0.281. The highest BCUT2D eigenvalue weighted by Crippen LogP contribution is 2.35. The summed E-state index contributed by atoms with van der Waals surface area (Å²) >= 11 is 0. The highest BCUT2D eigenvalue weighted by molar-refractivity contribution is 5.51. The molecule has 0 fully saturated rings. The van der Waals surface area contributed by atoms with E-state index >= 15 is 0 Å². The molecule has 3 nitrogen and oxygen atoms in total. The van der Waals surface area contributed by atoms with Gasteiger partial charge in [-0.15, -0.1) is 0 Å². The first kappa shape index (κ1) is 14.2. The van der Waals surface area contributed by atoms with E-state index in [4.69, 9.17) is 15.7 Å². The van der Waals surface area contributed by atoms with Crippen LogP contribution < -0.4 is 10.5 Å². The quantitative estimate of drug-likeness (QED) is 0.650. The second-order valence-corrected chi connectivity index (χ2v) is 3.71. The number of nitrogens with two attached hydrogens (primary N) is 1. The topological polar surface area (TPSA) is 59.0 Å². The van der Waals surface area contributed by atoms with Crippen molar-refractivity contribution in [3.63, 3.8) is 0 Å². The largest absolute Gasteiger partial charge is 0.494 e. The van der Waals surface area contributed by atoms with Crippen molar-refractivity contribution < 1.29 is 17.9 Å². The van der Waals surface area contributed by atoms with Crippen LogP contribution in [0.2, 0.25) is 0 Å². The van der Waals surface area contributed by atoms with Gasteiger partial charge in [-0.25, -0.2) is 0 Å². The van der Waals surface area contributed by atoms with Gasteiger partial charge in [0.1, 0.15) is 5.75 Å². The van der Waals surface area contributed by atoms with Gasteiger partial charge in [-0.2, -0.15) is 18.4 Å². The van der Waals surface area contributed by atoms with Crippen LogP contribution in [0.15, 0.2) is 18.2 Å². The van der Waals surface area contributed by atoms with Gasteiger partial charge in [0.05, 0.1) is 18.2 Å². The third-order valence-corrected chi connectivity index (χ3v) is 2.28. The minimum absolute atomic E-state index is 0.133. The molecule has 1 aromatic rings. The van der Waals surface area contributed by atoms with Crippen molar-refractivity contribution in [2.24, 2.45) is 0 Å². The lowest BCUT2D eigenvalue weighted by Gasteiger charge is -2.12. The lowest BCUT2D eigenvalue weighted by molar-refractivity contribution is -0.137. The Kier molecular flexibility index (Phi) is 4.84. The summed E-state index contributed by atoms with van der Waals surface area (Å²) in [5, 5.41) is 8.31. The van der Waals surface area contributed by atoms with Crippen LogP contribution >= 0.6 is 0 Å². The molecule has 0 bridgehead atoms. The van der Waals surface area contributed by atoms with Crippen LogP contribution in [0, 0.1) is 11.3 Å². The number of anilines is 1. The highest BCUT2D eigenvalue weighted by Gasteiger charge is 2.33. The summed E-state index contributed by atoms with van der Waals surface area (Å²) in [7, 11) is 0. The number of halogens is 3. The molecule has 0 amide bonds. The molecule has 0 saturated carbocycles. The molecule has 98 valence electrons. The van der Waals surface area contributed by atoms with Crippen molar-refractivity contribution in [1.82, 2.24) is 0 Å². The van der Waals surface area contributed by atoms with Crippen LogP contribution in [-0.2, 0) is 6.18 Å². The molecule has 0 atom stereocenters. The van der Waals surface area contributed by atoms with Gasteiger partial charge in [0.15, 0.2) is 0 Å². The van der Waals surface area contributed by atoms with Crippen molar-refractivity contribution in [2.45, 2.75) is 25.4 Å². The summed E-state index contributed by atoms with van der Waals surface area (Å²) in [5.74, 6) is 0.133. The van der Waals surface area contributed by atoms with Gasteiger partial charge in [-0.05, 0) is 31.0 Å². The van der Waals surface area contributed by atoms with Gasteiger partial charge in [0, 0.05) is 12.1 Å². The Balaban J connectivity index is 2.60. The molecular weight excluding hydrogens is 245 g/mol. The van der Waals surface area contributed by atoms with Crippen LogP contribution in [0.1, 0.15) is 24.8 Å². The fraction of sp³-hybridized carbons (Fsp3) is 0.417. The molecular formula is C12H13F3N2O. The zero-order valence-electron chi connectivity index (χ0n) is 9.63. The molecule has 0 aliphatic heterocycles. The molecule has 6 heteroatoms. The van der Waals surface area contributed by atoms with E-state index in [1.165, 1.54) is 12.1 Å². The summed E-state index contributed by atoms with van der Waals surface area (Å²) in [6.07, 6.45) is -2.78. The Hall–Kier alpha value is -1.90. The maximum absolute atomic E-state index is 12.5. The van der Waals surface area contributed by atoms with E-state index in [2.05, 4.69) is 0 Å². The number of hydrogen-bond donors (Lipinski definition) is 1. The average molecular weight is 258 g/mol. The maximum atomic E-state index is 12.5. The number of benzene rings is 1. The average Bonchev–Trinajstić information content (AvgIpc) is 2.29. The van der Waals surface area contributed by atoms with Gasteiger partial charge in [-0.1, -0.05) is 0 Å². The van der Waals surface area contributed by atoms with Gasteiger partial charge >= 0.3 is 6.18 Å². The van der Waals surface area contributed by atoms with E-state index < -0.39 is 11.7 Å². The Morgan fingerprint density at radius 1 is 1.28 bits per heavy atom. The Bertz CT molecular complexity index is 438. The van der Waals surface area contributed by atoms with Crippen LogP contribution in [0.5, 0.6) is 5.75 Å². The van der Waals surface area contributed by atoms with E-state index in [9.17, 15) is 13.2 Å². The molecule has 1 aromatic carbocycles. The van der Waals surface area contributed by atoms with E-state index in [0.29, 0.717) is 19.3 Å². The molecule has 0 aliphatic rings. The fourth-order valence-corrected chi connectivity index (χ4v) is 1.37. The van der Waals surface area contributed by atoms with Gasteiger partial charge in [0.2, 0.25) is 0 Å². The van der Waals surface area contributed by atoms with Crippen LogP contribution in [0.3, 0.4) is 0 Å². The smallest absolute Gasteiger partial charge is 0.418 e. The zero-order valence-corrected chi connectivity index (χ0v) is 9.63. The minimum atomic E-state index is -4.48. The van der Waals surface area contributed by atoms with Crippen LogP contribution in [0.4, 0.5) is 18.9 Å². The van der Waals surface area contributed by atoms with Crippen molar-refractivity contribution in [1.29, 1.82) is 5.26 Å². The minimum Gasteiger partial charge on any atom is -0.494 e. The molecule has 0 aliphatic carbocycles. The van der Waals surface area contributed by atoms with E-state index in [1.54, 1.807) is 0 Å². The first-order valence-corrected chi connectivity index (χ1v) is 5.41. The molecule has 0 spiro atoms. The predicted molar refractivity (Wildman–Crippen MR) is 60.8 cm³/mol. The maximum Gasteiger partial charge on any atom is 0.418 e. The number of ether oxygens (including phenoxy) is 1. The van der Waals surface area contributed by atoms with Gasteiger partial charge < -0.3 is 10.5 Å². The Morgan fingerprint density at radius 2 is 2.00 bits per heavy atom. The highest BCUT2D eigenvalue weighted by atomic mass is 19.4. The Morgan fingerprint density at radius 3 is 2.61 bits per heavy atom. The van der Waals surface area contributed by atoms with Crippen LogP contribution in [-0.4, -0.2) is 6.61 Å². The number of unbranched alkanes of at least 4 members (excludes halogenated alkanes) is 2. The zero-order chi connectivity index (χ0) is 13.6. The molecule has 18 heavy (non-hydrogen) atoms. The lowest BCUT2D eigenvalue weighted by atomic mass is 10.1. The van der Waals surface area contributed by atoms with Crippen molar-refractivity contribution in [3.05, 3.63) is 23.8 Å². The van der Waals surface area contributed by atoms with Gasteiger partial charge in [-0.3, -0.25) is 0 Å². The van der Waals surface area contributed by atoms with E-state index in [-0.39, 0.29) is 18.0 Å². The second kappa shape index (κ2) is 6.15. The Labute approximate surface area is 103 Å². The molecule has 0 saturated heterocycles. The first-order valence-electron chi connectivity index (χ1n) is 5.41. The van der Waals surface area contributed by atoms with E-state index in [1.807, 2.05) is 6.07 Å². The number of nitrogens with zero attached hydrogens (tertiary/aromatic N) is 1. The molecule has 0 aromatic heterocycles. The summed E-state index contributed by atoms with van der Waals surface area (Å²) in [6, 6.07) is 5.44. The van der Waals surface area contributed by atoms with Crippen LogP contribution in [0.25, 0.3) is 0 Å². The third-order valence-electron chi connectivity index (χ3n) is 2.28. The summed E-state index contributed by atoms with van der Waals surface area (Å²) in [4.78, 5) is 0. The molecule has 0 radical (unpaired) electrons. The van der Waals surface area contributed by atoms with Crippen molar-refractivity contribution in [3.8, 4) is 11.8 Å². The normalized spacial score (nSPS) is 11.0. The monoisotopic (exact) mass is 258 g/mol. The first-order chi connectivity index (χ1) is 8.45.